The van der Waals surface area contributed by atoms with Crippen LogP contribution in [0, 0.1) is 17.2 Å². The Morgan fingerprint density at radius 1 is 1.34 bits per heavy atom. The summed E-state index contributed by atoms with van der Waals surface area (Å²) in [6.45, 7) is 0.133. The maximum atomic E-state index is 13.6. The van der Waals surface area contributed by atoms with Gasteiger partial charge < -0.3 is 10.6 Å². The summed E-state index contributed by atoms with van der Waals surface area (Å²) in [4.78, 5) is 30.0. The average molecular weight is 489 g/mol. The Balaban J connectivity index is 1.39. The maximum Gasteiger partial charge on any atom is 0.264 e. The van der Waals surface area contributed by atoms with Gasteiger partial charge in [0.1, 0.15) is 6.07 Å². The lowest BCUT2D eigenvalue weighted by Crippen LogP contribution is -2.39. The third-order valence-corrected chi connectivity index (χ3v) is 7.09. The van der Waals surface area contributed by atoms with Crippen molar-refractivity contribution in [3.8, 4) is 11.9 Å². The van der Waals surface area contributed by atoms with Gasteiger partial charge in [0.05, 0.1) is 45.8 Å². The van der Waals surface area contributed by atoms with E-state index in [0.29, 0.717) is 50.2 Å². The zero-order valence-electron chi connectivity index (χ0n) is 18.6. The molecule has 4 aromatic rings. The quantitative estimate of drug-likeness (QED) is 0.314. The first kappa shape index (κ1) is 21.4. The van der Waals surface area contributed by atoms with Gasteiger partial charge in [0, 0.05) is 23.2 Å². The molecule has 4 N–H and O–H groups in total. The number of benzene rings is 1. The Kier molecular flexibility index (Phi) is 4.89. The number of nitriles is 1. The first-order valence-electron chi connectivity index (χ1n) is 11.4. The number of carbonyl (C=O) groups excluding carboxylic acids is 1. The number of amides is 1. The topological polar surface area (TPSA) is 144 Å². The smallest absolute Gasteiger partial charge is 0.264 e. The molecule has 0 unspecified atom stereocenters. The van der Waals surface area contributed by atoms with Gasteiger partial charge in [-0.05, 0) is 49.8 Å². The second-order valence-electron chi connectivity index (χ2n) is 9.11. The lowest BCUT2D eigenvalue weighted by molar-refractivity contribution is 0.0928. The molecule has 3 heterocycles. The molecule has 0 atom stereocenters. The van der Waals surface area contributed by atoms with Crippen LogP contribution in [-0.2, 0) is 6.54 Å². The van der Waals surface area contributed by atoms with Crippen LogP contribution in [0.1, 0.15) is 47.3 Å². The number of nitrogens with one attached hydrogen (secondary N) is 4. The number of hydrogen-bond donors (Lipinski definition) is 4. The fourth-order valence-corrected chi connectivity index (χ4v) is 4.96. The van der Waals surface area contributed by atoms with Gasteiger partial charge in [-0.25, -0.2) is 9.67 Å². The minimum atomic E-state index is -0.328. The lowest BCUT2D eigenvalue weighted by Gasteiger charge is -2.20. The third kappa shape index (κ3) is 3.74. The van der Waals surface area contributed by atoms with E-state index in [4.69, 9.17) is 11.6 Å². The number of nitrogens with zero attached hydrogens (tertiary/aromatic N) is 4. The zero-order chi connectivity index (χ0) is 24.2. The van der Waals surface area contributed by atoms with E-state index in [1.165, 1.54) is 10.7 Å². The highest BCUT2D eigenvalue weighted by Gasteiger charge is 2.55. The van der Waals surface area contributed by atoms with E-state index in [2.05, 4.69) is 37.0 Å². The van der Waals surface area contributed by atoms with Gasteiger partial charge in [0.15, 0.2) is 5.82 Å². The minimum absolute atomic E-state index is 0.133. The Labute approximate surface area is 204 Å². The number of carbonyl (C=O) groups is 1. The van der Waals surface area contributed by atoms with Crippen molar-refractivity contribution >= 4 is 34.1 Å². The zero-order valence-corrected chi connectivity index (χ0v) is 19.3. The van der Waals surface area contributed by atoms with Gasteiger partial charge in [-0.2, -0.15) is 10.4 Å². The van der Waals surface area contributed by atoms with Gasteiger partial charge in [-0.1, -0.05) is 11.6 Å². The highest BCUT2D eigenvalue weighted by atomic mass is 35.5. The van der Waals surface area contributed by atoms with Crippen LogP contribution in [0.15, 0.2) is 41.5 Å². The number of H-pyrrole nitrogens is 2. The molecule has 6 rings (SSSR count). The third-order valence-electron chi connectivity index (χ3n) is 6.80. The van der Waals surface area contributed by atoms with Gasteiger partial charge in [0.2, 0.25) is 0 Å². The van der Waals surface area contributed by atoms with E-state index in [0.717, 1.165) is 25.7 Å². The van der Waals surface area contributed by atoms with Gasteiger partial charge in [-0.3, -0.25) is 19.8 Å². The van der Waals surface area contributed by atoms with Crippen LogP contribution in [-0.4, -0.2) is 36.4 Å². The number of halogens is 1. The number of hydrogen-bond acceptors (Lipinski definition) is 6. The van der Waals surface area contributed by atoms with E-state index in [1.807, 2.05) is 0 Å². The highest BCUT2D eigenvalue weighted by molar-refractivity contribution is 6.32. The lowest BCUT2D eigenvalue weighted by atomic mass is 10.0. The fraction of sp³-hybridized carbons (Fsp3) is 0.292. The summed E-state index contributed by atoms with van der Waals surface area (Å²) in [5.74, 6) is 0.648. The molecule has 1 amide bonds. The second kappa shape index (κ2) is 7.99. The number of rotatable bonds is 7. The largest absolute Gasteiger partial charge is 0.378 e. The van der Waals surface area contributed by atoms with Crippen molar-refractivity contribution in [1.82, 2.24) is 30.3 Å². The van der Waals surface area contributed by atoms with Gasteiger partial charge in [0.25, 0.3) is 11.5 Å². The van der Waals surface area contributed by atoms with Crippen LogP contribution in [0.5, 0.6) is 0 Å². The molecule has 0 saturated heterocycles. The van der Waals surface area contributed by atoms with E-state index in [-0.39, 0.29) is 23.6 Å². The van der Waals surface area contributed by atoms with E-state index >= 15 is 0 Å². The van der Waals surface area contributed by atoms with Crippen molar-refractivity contribution in [3.05, 3.63) is 68.9 Å². The normalized spacial score (nSPS) is 16.1. The standard InChI is InChI=1S/C24H21ClN8O2/c25-17-2-1-7-27-22(17)33-16(9-18(34)32-33)12-28-20-13(10-26)8-14-11-29-31-21(14)19(20)23(35)30-24(5-6-24)15-3-4-15/h1-2,7-9,11,15,28H,3-6,12H2,(H,29,31)(H,30,35)(H,32,34). The number of aromatic amines is 2. The molecule has 0 radical (unpaired) electrons. The Bertz CT molecular complexity index is 1570. The minimum Gasteiger partial charge on any atom is -0.378 e. The van der Waals surface area contributed by atoms with Crippen molar-refractivity contribution in [2.24, 2.45) is 5.92 Å². The predicted molar refractivity (Wildman–Crippen MR) is 129 cm³/mol. The van der Waals surface area contributed by atoms with Crippen molar-refractivity contribution in [3.63, 3.8) is 0 Å². The molecule has 35 heavy (non-hydrogen) atoms. The summed E-state index contributed by atoms with van der Waals surface area (Å²) in [5.41, 5.74) is 1.64. The highest BCUT2D eigenvalue weighted by Crippen LogP contribution is 2.54. The first-order chi connectivity index (χ1) is 17.0. The Morgan fingerprint density at radius 3 is 2.89 bits per heavy atom. The monoisotopic (exact) mass is 488 g/mol. The molecule has 1 aromatic carbocycles. The van der Waals surface area contributed by atoms with Crippen LogP contribution < -0.4 is 16.2 Å². The Morgan fingerprint density at radius 2 is 2.17 bits per heavy atom. The van der Waals surface area contributed by atoms with Crippen molar-refractivity contribution in [2.45, 2.75) is 37.8 Å². The molecule has 10 nitrogen and oxygen atoms in total. The van der Waals surface area contributed by atoms with Crippen molar-refractivity contribution < 1.29 is 4.79 Å². The van der Waals surface area contributed by atoms with Gasteiger partial charge in [-0.15, -0.1) is 0 Å². The number of aromatic nitrogens is 5. The summed E-state index contributed by atoms with van der Waals surface area (Å²) < 4.78 is 1.49. The molecule has 2 fully saturated rings. The number of anilines is 1. The van der Waals surface area contributed by atoms with E-state index in [9.17, 15) is 14.9 Å². The molecule has 0 bridgehead atoms. The summed E-state index contributed by atoms with van der Waals surface area (Å²) in [5, 5.41) is 27.1. The van der Waals surface area contributed by atoms with Crippen LogP contribution in [0.3, 0.4) is 0 Å². The number of fused-ring (bicyclic) bond motifs is 1. The molecule has 0 aliphatic heterocycles. The second-order valence-corrected chi connectivity index (χ2v) is 9.52. The molecule has 176 valence electrons. The fourth-order valence-electron chi connectivity index (χ4n) is 4.76. The number of pyridine rings is 1. The van der Waals surface area contributed by atoms with Crippen molar-refractivity contribution in [1.29, 1.82) is 5.26 Å². The molecule has 0 spiro atoms. The maximum absolute atomic E-state index is 13.6. The van der Waals surface area contributed by atoms with Gasteiger partial charge >= 0.3 is 0 Å². The summed E-state index contributed by atoms with van der Waals surface area (Å²) in [7, 11) is 0. The average Bonchev–Trinajstić information content (AvgIpc) is 3.76. The molecular formula is C24H21ClN8O2. The molecule has 2 aliphatic rings. The van der Waals surface area contributed by atoms with Crippen molar-refractivity contribution in [2.75, 3.05) is 5.32 Å². The molecule has 2 aliphatic carbocycles. The van der Waals surface area contributed by atoms with Crippen LogP contribution in [0.4, 0.5) is 5.69 Å². The summed E-state index contributed by atoms with van der Waals surface area (Å²) in [6.07, 6.45) is 7.37. The summed E-state index contributed by atoms with van der Waals surface area (Å²) in [6, 6.07) is 8.67. The predicted octanol–water partition coefficient (Wildman–Crippen LogP) is 3.25. The molecule has 11 heteroatoms. The van der Waals surface area contributed by atoms with E-state index in [1.54, 1.807) is 30.6 Å². The van der Waals surface area contributed by atoms with Crippen LogP contribution >= 0.6 is 11.6 Å². The van der Waals surface area contributed by atoms with E-state index < -0.39 is 0 Å². The molecule has 2 saturated carbocycles. The summed E-state index contributed by atoms with van der Waals surface area (Å²) >= 11 is 6.29. The van der Waals surface area contributed by atoms with Crippen LogP contribution in [0.2, 0.25) is 5.02 Å². The molecular weight excluding hydrogens is 468 g/mol. The SMILES string of the molecule is N#Cc1cc2cn[nH]c2c(C(=O)NC2(C3CC3)CC2)c1NCc1cc(=O)[nH]n1-c1ncccc1Cl. The van der Waals surface area contributed by atoms with Crippen LogP contribution in [0.25, 0.3) is 16.7 Å². The Hall–Kier alpha value is -4.10. The first-order valence-corrected chi connectivity index (χ1v) is 11.8. The molecule has 3 aromatic heterocycles.